The Morgan fingerprint density at radius 1 is 1.00 bits per heavy atom. The van der Waals surface area contributed by atoms with Crippen molar-refractivity contribution in [2.45, 2.75) is 70.8 Å². The molecule has 5 nitrogen and oxygen atoms in total. The molecule has 0 radical (unpaired) electrons. The molecule has 0 aromatic rings. The van der Waals surface area contributed by atoms with Crippen LogP contribution in [0.4, 0.5) is 0 Å². The molecule has 1 unspecified atom stereocenters. The highest BCUT2D eigenvalue weighted by Gasteiger charge is 2.18. The highest BCUT2D eigenvalue weighted by molar-refractivity contribution is 6.28. The summed E-state index contributed by atoms with van der Waals surface area (Å²) in [7, 11) is 0. The van der Waals surface area contributed by atoms with Gasteiger partial charge in [0.05, 0.1) is 6.61 Å². The van der Waals surface area contributed by atoms with Gasteiger partial charge in [-0.1, -0.05) is 51.9 Å². The van der Waals surface area contributed by atoms with Crippen LogP contribution in [0.5, 0.6) is 0 Å². The van der Waals surface area contributed by atoms with Gasteiger partial charge >= 0.3 is 11.9 Å². The van der Waals surface area contributed by atoms with Gasteiger partial charge in [0.25, 0.3) is 0 Å². The van der Waals surface area contributed by atoms with Crippen LogP contribution in [0.3, 0.4) is 0 Å². The quantitative estimate of drug-likeness (QED) is 0.343. The van der Waals surface area contributed by atoms with Crippen LogP contribution in [-0.4, -0.2) is 34.9 Å². The van der Waals surface area contributed by atoms with Crippen LogP contribution in [0.1, 0.15) is 64.7 Å². The molecule has 5 heteroatoms. The number of aliphatic carboxylic acids is 1. The van der Waals surface area contributed by atoms with Crippen LogP contribution >= 0.6 is 0 Å². The first-order valence-corrected chi connectivity index (χ1v) is 7.16. The third kappa shape index (κ3) is 10.5. The summed E-state index contributed by atoms with van der Waals surface area (Å²) in [5, 5.41) is 17.4. The molecule has 0 bridgehead atoms. The summed E-state index contributed by atoms with van der Waals surface area (Å²) in [4.78, 5) is 21.1. The van der Waals surface area contributed by atoms with Crippen molar-refractivity contribution in [2.75, 3.05) is 6.61 Å². The van der Waals surface area contributed by atoms with E-state index < -0.39 is 18.0 Å². The van der Waals surface area contributed by atoms with Gasteiger partial charge in [-0.15, -0.1) is 0 Å². The second-order valence-corrected chi connectivity index (χ2v) is 4.78. The lowest BCUT2D eigenvalue weighted by molar-refractivity contribution is -0.168. The smallest absolute Gasteiger partial charge is 0.417 e. The van der Waals surface area contributed by atoms with Gasteiger partial charge in [0.15, 0.2) is 0 Å². The van der Waals surface area contributed by atoms with Gasteiger partial charge < -0.3 is 14.9 Å². The van der Waals surface area contributed by atoms with E-state index in [0.29, 0.717) is 6.42 Å². The molecule has 0 aliphatic heterocycles. The first-order chi connectivity index (χ1) is 9.11. The molecule has 19 heavy (non-hydrogen) atoms. The Kier molecular flexibility index (Phi) is 11.3. The summed E-state index contributed by atoms with van der Waals surface area (Å²) < 4.78 is 4.63. The van der Waals surface area contributed by atoms with Gasteiger partial charge in [0.1, 0.15) is 6.10 Å². The van der Waals surface area contributed by atoms with Gasteiger partial charge in [-0.2, -0.15) is 0 Å². The van der Waals surface area contributed by atoms with Gasteiger partial charge in [-0.3, -0.25) is 0 Å². The highest BCUT2D eigenvalue weighted by atomic mass is 16.6. The first kappa shape index (κ1) is 17.9. The van der Waals surface area contributed by atoms with Crippen LogP contribution in [-0.2, 0) is 14.3 Å². The molecule has 0 saturated heterocycles. The van der Waals surface area contributed by atoms with Crippen LogP contribution < -0.4 is 0 Å². The fourth-order valence-corrected chi connectivity index (χ4v) is 1.90. The van der Waals surface area contributed by atoms with E-state index in [1.165, 1.54) is 32.1 Å². The van der Waals surface area contributed by atoms with E-state index in [-0.39, 0.29) is 6.61 Å². The van der Waals surface area contributed by atoms with Crippen molar-refractivity contribution < 1.29 is 24.5 Å². The standard InChI is InChI=1S/C14H26O5/c1-2-3-4-5-6-7-8-9-10-12(11-15)19-14(18)13(16)17/h12,15H,2-11H2,1H3,(H,16,17). The number of hydrogen-bond acceptors (Lipinski definition) is 4. The zero-order valence-electron chi connectivity index (χ0n) is 11.8. The van der Waals surface area contributed by atoms with Gasteiger partial charge in [-0.25, -0.2) is 9.59 Å². The molecule has 1 atom stereocenters. The topological polar surface area (TPSA) is 83.8 Å². The molecule has 2 N–H and O–H groups in total. The summed E-state index contributed by atoms with van der Waals surface area (Å²) in [6.07, 6.45) is 9.10. The first-order valence-electron chi connectivity index (χ1n) is 7.16. The van der Waals surface area contributed by atoms with Crippen molar-refractivity contribution in [3.05, 3.63) is 0 Å². The third-order valence-electron chi connectivity index (χ3n) is 3.03. The van der Waals surface area contributed by atoms with E-state index in [9.17, 15) is 9.59 Å². The monoisotopic (exact) mass is 274 g/mol. The lowest BCUT2D eigenvalue weighted by Crippen LogP contribution is -2.26. The minimum Gasteiger partial charge on any atom is -0.473 e. The van der Waals surface area contributed by atoms with Crippen molar-refractivity contribution in [1.82, 2.24) is 0 Å². The van der Waals surface area contributed by atoms with Gasteiger partial charge in [0.2, 0.25) is 0 Å². The molecule has 0 aromatic carbocycles. The van der Waals surface area contributed by atoms with Crippen LogP contribution in [0.25, 0.3) is 0 Å². The van der Waals surface area contributed by atoms with E-state index in [4.69, 9.17) is 10.2 Å². The number of aliphatic hydroxyl groups is 1. The maximum Gasteiger partial charge on any atom is 0.417 e. The van der Waals surface area contributed by atoms with Crippen molar-refractivity contribution in [2.24, 2.45) is 0 Å². The molecular weight excluding hydrogens is 248 g/mol. The average molecular weight is 274 g/mol. The minimum atomic E-state index is -1.62. The number of hydrogen-bond donors (Lipinski definition) is 2. The third-order valence-corrected chi connectivity index (χ3v) is 3.03. The molecule has 0 rings (SSSR count). The van der Waals surface area contributed by atoms with Crippen LogP contribution in [0, 0.1) is 0 Å². The summed E-state index contributed by atoms with van der Waals surface area (Å²) in [5.41, 5.74) is 0. The van der Waals surface area contributed by atoms with Crippen molar-refractivity contribution >= 4 is 11.9 Å². The summed E-state index contributed by atoms with van der Waals surface area (Å²) >= 11 is 0. The van der Waals surface area contributed by atoms with E-state index in [1.54, 1.807) is 0 Å². The van der Waals surface area contributed by atoms with E-state index in [0.717, 1.165) is 19.3 Å². The number of carbonyl (C=O) groups is 2. The number of unbranched alkanes of at least 4 members (excludes halogenated alkanes) is 7. The Morgan fingerprint density at radius 2 is 1.53 bits per heavy atom. The lowest BCUT2D eigenvalue weighted by atomic mass is 10.1. The van der Waals surface area contributed by atoms with Crippen molar-refractivity contribution in [1.29, 1.82) is 0 Å². The van der Waals surface area contributed by atoms with Crippen LogP contribution in [0.15, 0.2) is 0 Å². The largest absolute Gasteiger partial charge is 0.473 e. The molecule has 0 aliphatic carbocycles. The molecule has 112 valence electrons. The maximum absolute atomic E-state index is 10.8. The predicted molar refractivity (Wildman–Crippen MR) is 71.8 cm³/mol. The molecule has 0 saturated carbocycles. The number of rotatable bonds is 11. The van der Waals surface area contributed by atoms with Crippen LogP contribution in [0.2, 0.25) is 0 Å². The van der Waals surface area contributed by atoms with Gasteiger partial charge in [0, 0.05) is 0 Å². The average Bonchev–Trinajstić information content (AvgIpc) is 2.39. The molecule has 0 aliphatic rings. The summed E-state index contributed by atoms with van der Waals surface area (Å²) in [6.45, 7) is 1.86. The number of carboxylic acids is 1. The van der Waals surface area contributed by atoms with E-state index >= 15 is 0 Å². The number of esters is 1. The Hall–Kier alpha value is -1.10. The molecule has 0 fully saturated rings. The highest BCUT2D eigenvalue weighted by Crippen LogP contribution is 2.11. The van der Waals surface area contributed by atoms with Crippen molar-refractivity contribution in [3.63, 3.8) is 0 Å². The number of carbonyl (C=O) groups excluding carboxylic acids is 1. The number of ether oxygens (including phenoxy) is 1. The zero-order valence-corrected chi connectivity index (χ0v) is 11.8. The summed E-state index contributed by atoms with van der Waals surface area (Å²) in [5.74, 6) is -2.91. The predicted octanol–water partition coefficient (Wildman–Crippen LogP) is 2.51. The number of carboxylic acid groups (broad SMARTS) is 1. The SMILES string of the molecule is CCCCCCCCCCC(CO)OC(=O)C(=O)O. The minimum absolute atomic E-state index is 0.324. The molecule has 0 heterocycles. The second kappa shape index (κ2) is 12.0. The molecule has 0 amide bonds. The molecule has 0 aromatic heterocycles. The van der Waals surface area contributed by atoms with E-state index in [2.05, 4.69) is 11.7 Å². The zero-order chi connectivity index (χ0) is 14.5. The molecule has 0 spiro atoms. The second-order valence-electron chi connectivity index (χ2n) is 4.78. The fraction of sp³-hybridized carbons (Fsp3) is 0.857. The van der Waals surface area contributed by atoms with Crippen molar-refractivity contribution in [3.8, 4) is 0 Å². The summed E-state index contributed by atoms with van der Waals surface area (Å²) in [6, 6.07) is 0. The number of aliphatic hydroxyl groups excluding tert-OH is 1. The molecular formula is C14H26O5. The Labute approximate surface area is 115 Å². The normalized spacial score (nSPS) is 12.1. The van der Waals surface area contributed by atoms with E-state index in [1.807, 2.05) is 0 Å². The Balaban J connectivity index is 3.51. The maximum atomic E-state index is 10.8. The van der Waals surface area contributed by atoms with Gasteiger partial charge in [-0.05, 0) is 12.8 Å². The Morgan fingerprint density at radius 3 is 2.00 bits per heavy atom. The lowest BCUT2D eigenvalue weighted by Gasteiger charge is -2.13. The Bertz CT molecular complexity index is 252. The fourth-order valence-electron chi connectivity index (χ4n) is 1.90.